The van der Waals surface area contributed by atoms with Gasteiger partial charge in [0.15, 0.2) is 11.7 Å². The van der Waals surface area contributed by atoms with Gasteiger partial charge in [-0.05, 0) is 18.9 Å². The number of ketones is 1. The summed E-state index contributed by atoms with van der Waals surface area (Å²) in [7, 11) is 5.55. The molecule has 2 atom stereocenters. The first-order valence-corrected chi connectivity index (χ1v) is 12.8. The third-order valence-electron chi connectivity index (χ3n) is 5.67. The number of nitrogens with zero attached hydrogens (tertiary/aromatic N) is 1. The number of carbonyl (C=O) groups excluding carboxylic acids is 1. The monoisotopic (exact) mass is 452 g/mol. The molecule has 0 aliphatic carbocycles. The Bertz CT molecular complexity index is 548. The second kappa shape index (κ2) is 19.0. The lowest BCUT2D eigenvalue weighted by Crippen LogP contribution is -2.47. The Morgan fingerprint density at radius 1 is 0.781 bits per heavy atom. The molecule has 0 bridgehead atoms. The number of carboxylic acids is 1. The van der Waals surface area contributed by atoms with Crippen LogP contribution in [0.5, 0.6) is 0 Å². The number of hydrogen-bond donors (Lipinski definition) is 2. The standard InChI is InChI=1S/C27H49NO4/c1-5-6-7-8-9-10-11-12-13-14-15-16-17-18-19-20-21-22-24(29)26(27(31)32)25(30)23-28(2,3)4/h19-22,25-26,30H,5-18,23H2,1-4H3/p+1/b20-19-,22-21-. The summed E-state index contributed by atoms with van der Waals surface area (Å²) in [6.07, 6.45) is 23.8. The Morgan fingerprint density at radius 3 is 1.69 bits per heavy atom. The van der Waals surface area contributed by atoms with E-state index in [1.807, 2.05) is 27.2 Å². The van der Waals surface area contributed by atoms with Crippen molar-refractivity contribution in [2.24, 2.45) is 5.92 Å². The van der Waals surface area contributed by atoms with Crippen LogP contribution in [0.25, 0.3) is 0 Å². The topological polar surface area (TPSA) is 74.6 Å². The molecule has 5 heteroatoms. The van der Waals surface area contributed by atoms with Crippen molar-refractivity contribution in [2.75, 3.05) is 27.7 Å². The molecule has 0 spiro atoms. The number of rotatable bonds is 21. The minimum Gasteiger partial charge on any atom is -0.481 e. The van der Waals surface area contributed by atoms with Crippen molar-refractivity contribution in [3.05, 3.63) is 24.3 Å². The molecule has 0 rings (SSSR count). The van der Waals surface area contributed by atoms with Gasteiger partial charge in [0.05, 0.1) is 21.1 Å². The molecule has 186 valence electrons. The third kappa shape index (κ3) is 18.1. The van der Waals surface area contributed by atoms with E-state index in [1.165, 1.54) is 83.1 Å². The summed E-state index contributed by atoms with van der Waals surface area (Å²) in [6.45, 7) is 2.46. The maximum Gasteiger partial charge on any atom is 0.317 e. The van der Waals surface area contributed by atoms with Crippen LogP contribution in [0.3, 0.4) is 0 Å². The predicted molar refractivity (Wildman–Crippen MR) is 134 cm³/mol. The number of carbonyl (C=O) groups is 2. The number of likely N-dealkylation sites (N-methyl/N-ethyl adjacent to an activating group) is 1. The first-order valence-electron chi connectivity index (χ1n) is 12.8. The first kappa shape index (κ1) is 30.5. The molecule has 2 unspecified atom stereocenters. The number of allylic oxidation sites excluding steroid dienone is 4. The van der Waals surface area contributed by atoms with Crippen LogP contribution in [0.2, 0.25) is 0 Å². The van der Waals surface area contributed by atoms with E-state index in [2.05, 4.69) is 6.92 Å². The highest BCUT2D eigenvalue weighted by atomic mass is 16.4. The highest BCUT2D eigenvalue weighted by Gasteiger charge is 2.35. The molecule has 0 aliphatic heterocycles. The lowest BCUT2D eigenvalue weighted by molar-refractivity contribution is -0.873. The van der Waals surface area contributed by atoms with Gasteiger partial charge in [-0.15, -0.1) is 0 Å². The number of aliphatic hydroxyl groups excluding tert-OH is 1. The number of hydrogen-bond acceptors (Lipinski definition) is 3. The van der Waals surface area contributed by atoms with E-state index in [9.17, 15) is 19.8 Å². The molecule has 2 N–H and O–H groups in total. The van der Waals surface area contributed by atoms with Crippen molar-refractivity contribution in [1.82, 2.24) is 0 Å². The molecule has 0 amide bonds. The first-order chi connectivity index (χ1) is 15.2. The van der Waals surface area contributed by atoms with Crippen molar-refractivity contribution in [3.8, 4) is 0 Å². The Hall–Kier alpha value is -1.46. The minimum absolute atomic E-state index is 0.200. The average molecular weight is 453 g/mol. The van der Waals surface area contributed by atoms with Gasteiger partial charge in [-0.25, -0.2) is 0 Å². The second-order valence-corrected chi connectivity index (χ2v) is 10.1. The Kier molecular flexibility index (Phi) is 18.2. The molecule has 0 aromatic heterocycles. The van der Waals surface area contributed by atoms with E-state index in [0.717, 1.165) is 12.8 Å². The van der Waals surface area contributed by atoms with Crippen molar-refractivity contribution >= 4 is 11.8 Å². The van der Waals surface area contributed by atoms with Crippen LogP contribution in [0.1, 0.15) is 96.8 Å². The number of aliphatic carboxylic acids is 1. The Labute approximate surface area is 197 Å². The van der Waals surface area contributed by atoms with Crippen LogP contribution in [0.4, 0.5) is 0 Å². The molecule has 0 saturated heterocycles. The SMILES string of the molecule is CCCCCCCCCCCCCCC/C=C\C=C/C(=O)C(C(=O)O)C(O)C[N+](C)(C)C. The van der Waals surface area contributed by atoms with Crippen LogP contribution in [0.15, 0.2) is 24.3 Å². The zero-order valence-corrected chi connectivity index (χ0v) is 21.2. The number of aliphatic hydroxyl groups is 1. The molecular weight excluding hydrogens is 402 g/mol. The summed E-state index contributed by atoms with van der Waals surface area (Å²) >= 11 is 0. The largest absolute Gasteiger partial charge is 0.481 e. The minimum atomic E-state index is -1.42. The molecule has 32 heavy (non-hydrogen) atoms. The fraction of sp³-hybridized carbons (Fsp3) is 0.778. The van der Waals surface area contributed by atoms with Gasteiger partial charge in [-0.2, -0.15) is 0 Å². The lowest BCUT2D eigenvalue weighted by atomic mass is 9.96. The highest BCUT2D eigenvalue weighted by molar-refractivity contribution is 6.05. The quantitative estimate of drug-likeness (QED) is 0.0745. The van der Waals surface area contributed by atoms with Gasteiger partial charge in [-0.1, -0.05) is 102 Å². The summed E-state index contributed by atoms with van der Waals surface area (Å²) in [4.78, 5) is 23.6. The summed E-state index contributed by atoms with van der Waals surface area (Å²) in [5.74, 6) is -3.27. The van der Waals surface area contributed by atoms with Crippen LogP contribution in [-0.2, 0) is 9.59 Å². The van der Waals surface area contributed by atoms with E-state index in [-0.39, 0.29) is 6.54 Å². The maximum absolute atomic E-state index is 12.2. The molecule has 0 radical (unpaired) electrons. The highest BCUT2D eigenvalue weighted by Crippen LogP contribution is 2.13. The molecule has 0 aromatic carbocycles. The summed E-state index contributed by atoms with van der Waals surface area (Å²) < 4.78 is 0.390. The smallest absolute Gasteiger partial charge is 0.317 e. The van der Waals surface area contributed by atoms with Crippen molar-refractivity contribution < 1.29 is 24.3 Å². The van der Waals surface area contributed by atoms with E-state index >= 15 is 0 Å². The molecule has 0 aliphatic rings. The van der Waals surface area contributed by atoms with Gasteiger partial charge in [-0.3, -0.25) is 9.59 Å². The normalized spacial score (nSPS) is 14.3. The van der Waals surface area contributed by atoms with E-state index in [1.54, 1.807) is 12.2 Å². The van der Waals surface area contributed by atoms with E-state index < -0.39 is 23.8 Å². The van der Waals surface area contributed by atoms with Crippen molar-refractivity contribution in [2.45, 2.75) is 103 Å². The van der Waals surface area contributed by atoms with Crippen LogP contribution >= 0.6 is 0 Å². The van der Waals surface area contributed by atoms with Crippen molar-refractivity contribution in [3.63, 3.8) is 0 Å². The lowest BCUT2D eigenvalue weighted by Gasteiger charge is -2.28. The molecule has 0 heterocycles. The number of unbranched alkanes of at least 4 members (excludes halogenated alkanes) is 13. The van der Waals surface area contributed by atoms with Crippen LogP contribution < -0.4 is 0 Å². The van der Waals surface area contributed by atoms with Gasteiger partial charge >= 0.3 is 5.97 Å². The van der Waals surface area contributed by atoms with Crippen LogP contribution in [0, 0.1) is 5.92 Å². The second-order valence-electron chi connectivity index (χ2n) is 10.1. The van der Waals surface area contributed by atoms with Gasteiger partial charge in [0, 0.05) is 0 Å². The maximum atomic E-state index is 12.2. The summed E-state index contributed by atoms with van der Waals surface area (Å²) in [6, 6.07) is 0. The third-order valence-corrected chi connectivity index (χ3v) is 5.67. The zero-order valence-electron chi connectivity index (χ0n) is 21.2. The molecule has 0 fully saturated rings. The zero-order chi connectivity index (χ0) is 24.2. The molecule has 0 saturated carbocycles. The van der Waals surface area contributed by atoms with E-state index in [4.69, 9.17) is 0 Å². The van der Waals surface area contributed by atoms with Crippen molar-refractivity contribution in [1.29, 1.82) is 0 Å². The fourth-order valence-corrected chi connectivity index (χ4v) is 3.85. The van der Waals surface area contributed by atoms with Gasteiger partial charge < -0.3 is 14.7 Å². The molecule has 5 nitrogen and oxygen atoms in total. The summed E-state index contributed by atoms with van der Waals surface area (Å²) in [5.41, 5.74) is 0. The summed E-state index contributed by atoms with van der Waals surface area (Å²) in [5, 5.41) is 19.5. The van der Waals surface area contributed by atoms with Gasteiger partial charge in [0.25, 0.3) is 0 Å². The predicted octanol–water partition coefficient (Wildman–Crippen LogP) is 5.92. The molecule has 0 aromatic rings. The average Bonchev–Trinajstić information content (AvgIpc) is 2.68. The van der Waals surface area contributed by atoms with Crippen LogP contribution in [-0.4, -0.2) is 60.2 Å². The number of quaternary nitrogens is 1. The Balaban J connectivity index is 3.84. The van der Waals surface area contributed by atoms with Gasteiger partial charge in [0.2, 0.25) is 0 Å². The number of carboxylic acid groups (broad SMARTS) is 1. The Morgan fingerprint density at radius 2 is 1.25 bits per heavy atom. The fourth-order valence-electron chi connectivity index (χ4n) is 3.85. The van der Waals surface area contributed by atoms with E-state index in [0.29, 0.717) is 4.48 Å². The van der Waals surface area contributed by atoms with Gasteiger partial charge in [0.1, 0.15) is 12.6 Å². The molecular formula is C27H50NO4+.